The predicted molar refractivity (Wildman–Crippen MR) is 115 cm³/mol. The molecule has 1 saturated carbocycles. The zero-order valence-corrected chi connectivity index (χ0v) is 18.3. The van der Waals surface area contributed by atoms with E-state index in [1.807, 2.05) is 45.0 Å². The van der Waals surface area contributed by atoms with E-state index in [1.165, 1.54) is 4.90 Å². The number of allylic oxidation sites excluding steroid dienone is 1. The molecule has 0 aromatic heterocycles. The van der Waals surface area contributed by atoms with E-state index in [0.717, 1.165) is 16.7 Å². The van der Waals surface area contributed by atoms with E-state index in [0.29, 0.717) is 19.3 Å². The van der Waals surface area contributed by atoms with E-state index in [1.54, 1.807) is 0 Å². The number of ether oxygens (including phenoxy) is 2. The molecule has 1 aliphatic carbocycles. The molecular formula is C24H30N2O5. The average Bonchev–Trinajstić information content (AvgIpc) is 3.45. The molecule has 0 bridgehead atoms. The molecule has 3 aliphatic rings. The lowest BCUT2D eigenvalue weighted by Crippen LogP contribution is -2.41. The number of rotatable bonds is 7. The lowest BCUT2D eigenvalue weighted by atomic mass is 9.81. The summed E-state index contributed by atoms with van der Waals surface area (Å²) in [5, 5.41) is 2.88. The van der Waals surface area contributed by atoms with Crippen molar-refractivity contribution in [3.63, 3.8) is 0 Å². The molecule has 2 saturated heterocycles. The third-order valence-corrected chi connectivity index (χ3v) is 6.56. The number of imide groups is 1. The number of epoxide rings is 1. The molecule has 0 spiro atoms. The summed E-state index contributed by atoms with van der Waals surface area (Å²) >= 11 is 0. The number of amides is 3. The van der Waals surface area contributed by atoms with Crippen LogP contribution in [-0.4, -0.2) is 48.2 Å². The van der Waals surface area contributed by atoms with Gasteiger partial charge in [0, 0.05) is 6.54 Å². The van der Waals surface area contributed by atoms with Gasteiger partial charge in [-0.15, -0.1) is 0 Å². The molecule has 7 heteroatoms. The third kappa shape index (κ3) is 4.37. The van der Waals surface area contributed by atoms with Gasteiger partial charge in [0.25, 0.3) is 0 Å². The number of hydrogen-bond donors (Lipinski definition) is 1. The lowest BCUT2D eigenvalue weighted by molar-refractivity contribution is -0.140. The third-order valence-electron chi connectivity index (χ3n) is 6.56. The molecule has 1 aromatic carbocycles. The van der Waals surface area contributed by atoms with E-state index in [4.69, 9.17) is 9.47 Å². The van der Waals surface area contributed by atoms with Crippen LogP contribution in [0.3, 0.4) is 0 Å². The van der Waals surface area contributed by atoms with Crippen LogP contribution < -0.4 is 5.32 Å². The number of benzene rings is 1. The van der Waals surface area contributed by atoms with Gasteiger partial charge in [-0.3, -0.25) is 14.5 Å². The Bertz CT molecular complexity index is 896. The first-order chi connectivity index (χ1) is 14.7. The Balaban J connectivity index is 1.24. The molecule has 1 N–H and O–H groups in total. The summed E-state index contributed by atoms with van der Waals surface area (Å²) in [7, 11) is 0. The van der Waals surface area contributed by atoms with E-state index < -0.39 is 11.6 Å². The smallest absolute Gasteiger partial charge is 0.407 e. The van der Waals surface area contributed by atoms with Gasteiger partial charge in [-0.1, -0.05) is 30.4 Å². The van der Waals surface area contributed by atoms with Crippen molar-refractivity contribution in [2.24, 2.45) is 11.8 Å². The quantitative estimate of drug-likeness (QED) is 0.411. The summed E-state index contributed by atoms with van der Waals surface area (Å²) in [4.78, 5) is 38.8. The van der Waals surface area contributed by atoms with Crippen molar-refractivity contribution < 1.29 is 23.9 Å². The van der Waals surface area contributed by atoms with Gasteiger partial charge in [0.15, 0.2) is 0 Å². The molecule has 31 heavy (non-hydrogen) atoms. The summed E-state index contributed by atoms with van der Waals surface area (Å²) in [5.74, 6) is -0.689. The van der Waals surface area contributed by atoms with Crippen LogP contribution in [0.4, 0.5) is 4.79 Å². The number of hydrogen-bond acceptors (Lipinski definition) is 5. The van der Waals surface area contributed by atoms with Crippen LogP contribution in [0.1, 0.15) is 51.2 Å². The molecule has 0 radical (unpaired) electrons. The first-order valence-electron chi connectivity index (χ1n) is 10.9. The molecular weight excluding hydrogens is 396 g/mol. The zero-order valence-electron chi connectivity index (χ0n) is 18.3. The molecule has 1 aromatic rings. The van der Waals surface area contributed by atoms with Crippen LogP contribution in [0, 0.1) is 11.8 Å². The van der Waals surface area contributed by atoms with E-state index >= 15 is 0 Å². The molecule has 2 unspecified atom stereocenters. The Kier molecular flexibility index (Phi) is 5.64. The minimum atomic E-state index is -0.623. The highest BCUT2D eigenvalue weighted by Crippen LogP contribution is 2.47. The molecule has 3 amide bonds. The van der Waals surface area contributed by atoms with Gasteiger partial charge in [0.1, 0.15) is 0 Å². The maximum atomic E-state index is 12.6. The minimum Gasteiger partial charge on any atom is -0.449 e. The first-order valence-corrected chi connectivity index (χ1v) is 10.9. The fraction of sp³-hybridized carbons (Fsp3) is 0.542. The summed E-state index contributed by atoms with van der Waals surface area (Å²) in [5.41, 5.74) is 2.30. The molecule has 4 rings (SSSR count). The second kappa shape index (κ2) is 8.11. The van der Waals surface area contributed by atoms with Crippen molar-refractivity contribution in [2.75, 3.05) is 13.2 Å². The Morgan fingerprint density at radius 3 is 2.48 bits per heavy atom. The van der Waals surface area contributed by atoms with Crippen molar-refractivity contribution in [3.8, 4) is 0 Å². The summed E-state index contributed by atoms with van der Waals surface area (Å²) in [6, 6.07) is 7.87. The van der Waals surface area contributed by atoms with Crippen molar-refractivity contribution in [1.82, 2.24) is 10.2 Å². The number of fused-ring (bicyclic) bond motifs is 2. The van der Waals surface area contributed by atoms with E-state index in [2.05, 4.69) is 11.9 Å². The Hall–Kier alpha value is -2.67. The summed E-state index contributed by atoms with van der Waals surface area (Å²) in [6.45, 7) is 10.1. The molecule has 4 atom stereocenters. The molecule has 2 aliphatic heterocycles. The minimum absolute atomic E-state index is 0.105. The van der Waals surface area contributed by atoms with Crippen LogP contribution in [0.2, 0.25) is 0 Å². The van der Waals surface area contributed by atoms with E-state index in [-0.39, 0.29) is 49.0 Å². The highest BCUT2D eigenvalue weighted by molar-refractivity contribution is 6.05. The van der Waals surface area contributed by atoms with Crippen molar-refractivity contribution in [3.05, 3.63) is 42.0 Å². The van der Waals surface area contributed by atoms with Gasteiger partial charge in [0.2, 0.25) is 11.8 Å². The van der Waals surface area contributed by atoms with Gasteiger partial charge >= 0.3 is 6.09 Å². The van der Waals surface area contributed by atoms with Gasteiger partial charge in [-0.2, -0.15) is 0 Å². The Morgan fingerprint density at radius 1 is 1.23 bits per heavy atom. The molecule has 3 fully saturated rings. The number of likely N-dealkylation sites (tertiary alicyclic amines) is 1. The van der Waals surface area contributed by atoms with Gasteiger partial charge in [0.05, 0.1) is 36.2 Å². The maximum Gasteiger partial charge on any atom is 0.407 e. The summed E-state index contributed by atoms with van der Waals surface area (Å²) in [6.07, 6.45) is 1.50. The van der Waals surface area contributed by atoms with Crippen LogP contribution in [0.25, 0.3) is 5.57 Å². The molecule has 7 nitrogen and oxygen atoms in total. The number of alkyl carbamates (subject to hydrolysis) is 1. The second-order valence-electron chi connectivity index (χ2n) is 9.33. The number of nitrogens with one attached hydrogen (secondary N) is 1. The van der Waals surface area contributed by atoms with Crippen molar-refractivity contribution >= 4 is 23.5 Å². The number of carbonyl (C=O) groups excluding carboxylic acids is 3. The van der Waals surface area contributed by atoms with Crippen LogP contribution in [0.5, 0.6) is 0 Å². The van der Waals surface area contributed by atoms with Crippen LogP contribution in [-0.2, 0) is 24.6 Å². The standard InChI is InChI=1S/C24H30N2O5/c1-14(2)15-7-5-8-16(11-15)24(3,4)25-23(29)30-10-6-9-26-21(27)17-12-19-20(31-19)13-18(17)22(26)28/h5,7-8,11,17-20H,1,6,9-10,12-13H2,2-4H3,(H,25,29)/t17-,18+,19?,20?. The Labute approximate surface area is 182 Å². The second-order valence-corrected chi connectivity index (χ2v) is 9.33. The zero-order chi connectivity index (χ0) is 22.3. The number of nitrogens with zero attached hydrogens (tertiary/aromatic N) is 1. The SMILES string of the molecule is C=C(C)c1cccc(C(C)(C)NC(=O)OCCCN2C(=O)[C@H]3CC4OC4C[C@H]3C2=O)c1. The van der Waals surface area contributed by atoms with Gasteiger partial charge in [-0.05, 0) is 57.2 Å². The van der Waals surface area contributed by atoms with Crippen LogP contribution in [0.15, 0.2) is 30.8 Å². The highest BCUT2D eigenvalue weighted by atomic mass is 16.6. The van der Waals surface area contributed by atoms with E-state index in [9.17, 15) is 14.4 Å². The first kappa shape index (κ1) is 21.6. The monoisotopic (exact) mass is 426 g/mol. The van der Waals surface area contributed by atoms with Gasteiger partial charge < -0.3 is 14.8 Å². The predicted octanol–water partition coefficient (Wildman–Crippen LogP) is 3.23. The lowest BCUT2D eigenvalue weighted by Gasteiger charge is -2.27. The van der Waals surface area contributed by atoms with Crippen LogP contribution >= 0.6 is 0 Å². The fourth-order valence-corrected chi connectivity index (χ4v) is 4.62. The fourth-order valence-electron chi connectivity index (χ4n) is 4.62. The highest BCUT2D eigenvalue weighted by Gasteiger charge is 2.58. The largest absolute Gasteiger partial charge is 0.449 e. The van der Waals surface area contributed by atoms with Gasteiger partial charge in [-0.25, -0.2) is 4.79 Å². The Morgan fingerprint density at radius 2 is 1.87 bits per heavy atom. The normalized spacial score (nSPS) is 26.9. The molecule has 166 valence electrons. The van der Waals surface area contributed by atoms with Crippen molar-refractivity contribution in [1.29, 1.82) is 0 Å². The summed E-state index contributed by atoms with van der Waals surface area (Å²) < 4.78 is 10.8. The molecule has 2 heterocycles. The topological polar surface area (TPSA) is 88.2 Å². The average molecular weight is 427 g/mol. The maximum absolute atomic E-state index is 12.6. The van der Waals surface area contributed by atoms with Crippen molar-refractivity contribution in [2.45, 2.75) is 57.8 Å². The number of carbonyl (C=O) groups is 3.